The van der Waals surface area contributed by atoms with Crippen molar-refractivity contribution in [2.75, 3.05) is 0 Å². The second-order valence-corrected chi connectivity index (χ2v) is 2.30. The molecule has 0 aliphatic carbocycles. The summed E-state index contributed by atoms with van der Waals surface area (Å²) in [5, 5.41) is 6.75. The van der Waals surface area contributed by atoms with Crippen molar-refractivity contribution in [3.63, 3.8) is 0 Å². The summed E-state index contributed by atoms with van der Waals surface area (Å²) in [7, 11) is 0. The molecule has 0 spiro atoms. The summed E-state index contributed by atoms with van der Waals surface area (Å²) in [6.07, 6.45) is 5.12. The maximum Gasteiger partial charge on any atom is 0.0180 e. The Kier molecular flexibility index (Phi) is 3.69. The molecule has 0 aromatic heterocycles. The third kappa shape index (κ3) is 5.01. The molecule has 0 aliphatic rings. The van der Waals surface area contributed by atoms with Gasteiger partial charge >= 0.3 is 0 Å². The Labute approximate surface area is 56.6 Å². The fraction of sp³-hybridized carbons (Fsp3) is 0.375. The molecule has 50 valence electrons. The van der Waals surface area contributed by atoms with Crippen LogP contribution in [-0.4, -0.2) is 6.21 Å². The molecule has 0 unspecified atom stereocenters. The first kappa shape index (κ1) is 8.15. The van der Waals surface area contributed by atoms with E-state index in [1.807, 2.05) is 26.8 Å². The summed E-state index contributed by atoms with van der Waals surface area (Å²) in [4.78, 5) is 0. The van der Waals surface area contributed by atoms with Gasteiger partial charge in [-0.2, -0.15) is 0 Å². The largest absolute Gasteiger partial charge is 0.309 e. The normalized spacial score (nSPS) is 10.8. The Balaban J connectivity index is 4.05. The van der Waals surface area contributed by atoms with Crippen molar-refractivity contribution in [1.82, 2.24) is 0 Å². The van der Waals surface area contributed by atoms with Crippen molar-refractivity contribution in [2.24, 2.45) is 0 Å². The zero-order chi connectivity index (χ0) is 7.28. The maximum atomic E-state index is 6.75. The summed E-state index contributed by atoms with van der Waals surface area (Å²) in [6, 6.07) is 0. The van der Waals surface area contributed by atoms with Crippen LogP contribution in [0, 0.1) is 5.41 Å². The van der Waals surface area contributed by atoms with Gasteiger partial charge in [0.25, 0.3) is 0 Å². The molecule has 0 atom stereocenters. The highest BCUT2D eigenvalue weighted by Gasteiger charge is 1.78. The summed E-state index contributed by atoms with van der Waals surface area (Å²) < 4.78 is 0. The first-order valence-corrected chi connectivity index (χ1v) is 2.99. The molecule has 0 fully saturated rings. The Bertz CT molecular complexity index is 148. The highest BCUT2D eigenvalue weighted by Crippen LogP contribution is 1.98. The van der Waals surface area contributed by atoms with Crippen molar-refractivity contribution in [3.8, 4) is 0 Å². The molecule has 1 heteroatoms. The average Bonchev–Trinajstić information content (AvgIpc) is 1.63. The predicted octanol–water partition coefficient (Wildman–Crippen LogP) is 2.55. The van der Waals surface area contributed by atoms with E-state index in [4.69, 9.17) is 5.41 Å². The van der Waals surface area contributed by atoms with Crippen LogP contribution in [0.5, 0.6) is 0 Å². The number of hydrogen-bond acceptors (Lipinski definition) is 1. The van der Waals surface area contributed by atoms with Crippen LogP contribution in [0.4, 0.5) is 0 Å². The third-order valence-electron chi connectivity index (χ3n) is 0.863. The van der Waals surface area contributed by atoms with E-state index in [1.165, 1.54) is 11.8 Å². The molecule has 0 rings (SSSR count). The molecule has 0 saturated carbocycles. The molecular formula is C8H13N. The fourth-order valence-electron chi connectivity index (χ4n) is 0.635. The van der Waals surface area contributed by atoms with Crippen molar-refractivity contribution in [1.29, 1.82) is 5.41 Å². The Hall–Kier alpha value is -0.850. The Morgan fingerprint density at radius 3 is 2.11 bits per heavy atom. The van der Waals surface area contributed by atoms with Gasteiger partial charge in [0.1, 0.15) is 0 Å². The SMILES string of the molecule is CC(C)=C/C(C)=C\C=N. The maximum absolute atomic E-state index is 6.75. The predicted molar refractivity (Wildman–Crippen MR) is 42.0 cm³/mol. The van der Waals surface area contributed by atoms with Crippen LogP contribution < -0.4 is 0 Å². The lowest BCUT2D eigenvalue weighted by atomic mass is 10.2. The summed E-state index contributed by atoms with van der Waals surface area (Å²) in [5.41, 5.74) is 2.40. The van der Waals surface area contributed by atoms with E-state index in [0.717, 1.165) is 5.57 Å². The minimum absolute atomic E-state index is 1.13. The van der Waals surface area contributed by atoms with Gasteiger partial charge in [-0.15, -0.1) is 0 Å². The first-order chi connectivity index (χ1) is 4.16. The molecule has 1 N–H and O–H groups in total. The number of nitrogens with one attached hydrogen (secondary N) is 1. The van der Waals surface area contributed by atoms with E-state index in [2.05, 4.69) is 0 Å². The minimum Gasteiger partial charge on any atom is -0.309 e. The highest BCUT2D eigenvalue weighted by atomic mass is 14.3. The molecule has 0 aromatic rings. The van der Waals surface area contributed by atoms with Gasteiger partial charge < -0.3 is 5.41 Å². The van der Waals surface area contributed by atoms with E-state index in [-0.39, 0.29) is 0 Å². The second-order valence-electron chi connectivity index (χ2n) is 2.30. The van der Waals surface area contributed by atoms with E-state index < -0.39 is 0 Å². The number of allylic oxidation sites excluding steroid dienone is 4. The average molecular weight is 123 g/mol. The molecule has 1 nitrogen and oxygen atoms in total. The molecule has 0 radical (unpaired) electrons. The van der Waals surface area contributed by atoms with Crippen molar-refractivity contribution >= 4 is 6.21 Å². The zero-order valence-corrected chi connectivity index (χ0v) is 6.23. The lowest BCUT2D eigenvalue weighted by Crippen LogP contribution is -1.71. The molecule has 0 aromatic carbocycles. The smallest absolute Gasteiger partial charge is 0.0180 e. The minimum atomic E-state index is 1.13. The van der Waals surface area contributed by atoms with Gasteiger partial charge in [0, 0.05) is 6.21 Å². The van der Waals surface area contributed by atoms with Gasteiger partial charge in [0.15, 0.2) is 0 Å². The van der Waals surface area contributed by atoms with E-state index >= 15 is 0 Å². The Morgan fingerprint density at radius 1 is 1.22 bits per heavy atom. The van der Waals surface area contributed by atoms with Crippen LogP contribution in [0.2, 0.25) is 0 Å². The molecule has 0 heterocycles. The molecule has 0 bridgehead atoms. The lowest BCUT2D eigenvalue weighted by Gasteiger charge is -1.88. The van der Waals surface area contributed by atoms with Crippen LogP contribution >= 0.6 is 0 Å². The standard InChI is InChI=1S/C8H13N/c1-7(2)6-8(3)4-5-9/h4-6,9H,1-3H3/b8-4-,9-5?. The molecular weight excluding hydrogens is 110 g/mol. The molecule has 0 aliphatic heterocycles. The van der Waals surface area contributed by atoms with Crippen molar-refractivity contribution < 1.29 is 0 Å². The topological polar surface area (TPSA) is 23.9 Å². The summed E-state index contributed by atoms with van der Waals surface area (Å²) >= 11 is 0. The molecule has 0 amide bonds. The van der Waals surface area contributed by atoms with Gasteiger partial charge in [-0.25, -0.2) is 0 Å². The van der Waals surface area contributed by atoms with Crippen LogP contribution in [-0.2, 0) is 0 Å². The molecule has 9 heavy (non-hydrogen) atoms. The third-order valence-corrected chi connectivity index (χ3v) is 0.863. The monoisotopic (exact) mass is 123 g/mol. The number of rotatable bonds is 2. The quantitative estimate of drug-likeness (QED) is 0.431. The van der Waals surface area contributed by atoms with Crippen molar-refractivity contribution in [2.45, 2.75) is 20.8 Å². The zero-order valence-electron chi connectivity index (χ0n) is 6.23. The van der Waals surface area contributed by atoms with Crippen LogP contribution in [0.25, 0.3) is 0 Å². The van der Waals surface area contributed by atoms with E-state index in [9.17, 15) is 0 Å². The lowest BCUT2D eigenvalue weighted by molar-refractivity contribution is 1.35. The summed E-state index contributed by atoms with van der Waals surface area (Å²) in [6.45, 7) is 6.07. The number of hydrogen-bond donors (Lipinski definition) is 1. The first-order valence-electron chi connectivity index (χ1n) is 2.99. The van der Waals surface area contributed by atoms with Crippen LogP contribution in [0.15, 0.2) is 23.3 Å². The van der Waals surface area contributed by atoms with Gasteiger partial charge in [0.05, 0.1) is 0 Å². The molecule has 0 saturated heterocycles. The van der Waals surface area contributed by atoms with Gasteiger partial charge in [-0.05, 0) is 32.4 Å². The van der Waals surface area contributed by atoms with Gasteiger partial charge in [-0.3, -0.25) is 0 Å². The van der Waals surface area contributed by atoms with E-state index in [0.29, 0.717) is 0 Å². The fourth-order valence-corrected chi connectivity index (χ4v) is 0.635. The van der Waals surface area contributed by atoms with Gasteiger partial charge in [-0.1, -0.05) is 11.6 Å². The van der Waals surface area contributed by atoms with Crippen LogP contribution in [0.3, 0.4) is 0 Å². The highest BCUT2D eigenvalue weighted by molar-refractivity contribution is 5.69. The van der Waals surface area contributed by atoms with Gasteiger partial charge in [0.2, 0.25) is 0 Å². The summed E-state index contributed by atoms with van der Waals surface area (Å²) in [5.74, 6) is 0. The Morgan fingerprint density at radius 2 is 1.78 bits per heavy atom. The van der Waals surface area contributed by atoms with Crippen LogP contribution in [0.1, 0.15) is 20.8 Å². The second kappa shape index (κ2) is 4.07. The van der Waals surface area contributed by atoms with E-state index in [1.54, 1.807) is 6.08 Å². The van der Waals surface area contributed by atoms with Crippen molar-refractivity contribution in [3.05, 3.63) is 23.3 Å².